The van der Waals surface area contributed by atoms with Crippen LogP contribution in [-0.4, -0.2) is 58.7 Å². The first kappa shape index (κ1) is 22.9. The molecule has 3 aromatic rings. The van der Waals surface area contributed by atoms with E-state index in [9.17, 15) is 9.18 Å². The van der Waals surface area contributed by atoms with Gasteiger partial charge < -0.3 is 14.8 Å². The molecular weight excluding hydrogens is 463 g/mol. The van der Waals surface area contributed by atoms with Gasteiger partial charge in [0.15, 0.2) is 0 Å². The first-order valence-corrected chi connectivity index (χ1v) is 13.2. The van der Waals surface area contributed by atoms with Crippen LogP contribution in [0.15, 0.2) is 48.7 Å². The molecule has 3 fully saturated rings. The summed E-state index contributed by atoms with van der Waals surface area (Å²) >= 11 is 6.42. The van der Waals surface area contributed by atoms with Gasteiger partial charge in [-0.1, -0.05) is 24.4 Å². The molecule has 7 heteroatoms. The smallest absolute Gasteiger partial charge is 0.317 e. The lowest BCUT2D eigenvalue weighted by Crippen LogP contribution is -2.56. The minimum atomic E-state index is -0.229. The van der Waals surface area contributed by atoms with E-state index in [4.69, 9.17) is 11.6 Å². The summed E-state index contributed by atoms with van der Waals surface area (Å²) < 4.78 is 15.7. The summed E-state index contributed by atoms with van der Waals surface area (Å²) in [5.74, 6) is 0.218. The fourth-order valence-electron chi connectivity index (χ4n) is 6.66. The Labute approximate surface area is 210 Å². The SMILES string of the molecule is O=C1NCCN1CC1(N2CCC(c3cn(-c4ccc(F)cc4)c4ccc(Cl)cc34)CC2)CCCC1. The van der Waals surface area contributed by atoms with E-state index in [1.165, 1.54) is 48.8 Å². The molecule has 3 heterocycles. The number of piperidine rings is 1. The van der Waals surface area contributed by atoms with E-state index in [0.717, 1.165) is 61.8 Å². The zero-order chi connectivity index (χ0) is 24.0. The molecule has 1 N–H and O–H groups in total. The minimum absolute atomic E-state index is 0.0941. The highest BCUT2D eigenvalue weighted by Crippen LogP contribution is 2.42. The summed E-state index contributed by atoms with van der Waals surface area (Å²) in [6.45, 7) is 4.52. The second-order valence-corrected chi connectivity index (χ2v) is 10.9. The van der Waals surface area contributed by atoms with Crippen LogP contribution in [0.25, 0.3) is 16.6 Å². The maximum atomic E-state index is 13.6. The third kappa shape index (κ3) is 4.21. The normalized spacial score (nSPS) is 21.2. The first-order chi connectivity index (χ1) is 17.0. The quantitative estimate of drug-likeness (QED) is 0.477. The highest BCUT2D eigenvalue weighted by molar-refractivity contribution is 6.31. The summed E-state index contributed by atoms with van der Waals surface area (Å²) in [5, 5.41) is 4.89. The Balaban J connectivity index is 1.26. The van der Waals surface area contributed by atoms with Gasteiger partial charge in [0.2, 0.25) is 0 Å². The maximum Gasteiger partial charge on any atom is 0.317 e. The van der Waals surface area contributed by atoms with Crippen molar-refractivity contribution < 1.29 is 9.18 Å². The molecule has 0 spiro atoms. The van der Waals surface area contributed by atoms with E-state index >= 15 is 0 Å². The van der Waals surface area contributed by atoms with Crippen LogP contribution in [-0.2, 0) is 0 Å². The van der Waals surface area contributed by atoms with Gasteiger partial charge in [-0.3, -0.25) is 4.90 Å². The average Bonchev–Trinajstić information content (AvgIpc) is 3.60. The topological polar surface area (TPSA) is 40.5 Å². The van der Waals surface area contributed by atoms with Crippen molar-refractivity contribution in [3.8, 4) is 5.69 Å². The summed E-state index contributed by atoms with van der Waals surface area (Å²) in [7, 11) is 0. The molecule has 3 aliphatic rings. The van der Waals surface area contributed by atoms with Crippen LogP contribution in [0.3, 0.4) is 0 Å². The highest BCUT2D eigenvalue weighted by Gasteiger charge is 2.43. The highest BCUT2D eigenvalue weighted by atomic mass is 35.5. The van der Waals surface area contributed by atoms with Crippen molar-refractivity contribution in [1.82, 2.24) is 19.7 Å². The van der Waals surface area contributed by atoms with Crippen LogP contribution >= 0.6 is 11.6 Å². The van der Waals surface area contributed by atoms with Crippen LogP contribution in [0.5, 0.6) is 0 Å². The van der Waals surface area contributed by atoms with E-state index in [1.54, 1.807) is 0 Å². The van der Waals surface area contributed by atoms with Crippen molar-refractivity contribution in [3.63, 3.8) is 0 Å². The van der Waals surface area contributed by atoms with Gasteiger partial charge in [-0.15, -0.1) is 0 Å². The Bertz CT molecular complexity index is 1230. The third-order valence-electron chi connectivity index (χ3n) is 8.47. The predicted molar refractivity (Wildman–Crippen MR) is 138 cm³/mol. The van der Waals surface area contributed by atoms with Crippen molar-refractivity contribution in [2.24, 2.45) is 0 Å². The number of halogens is 2. The number of aromatic nitrogens is 1. The van der Waals surface area contributed by atoms with Gasteiger partial charge in [-0.05, 0) is 92.7 Å². The number of amides is 2. The number of carbonyl (C=O) groups excluding carboxylic acids is 1. The lowest BCUT2D eigenvalue weighted by Gasteiger charge is -2.46. The number of nitrogens with zero attached hydrogens (tertiary/aromatic N) is 3. The number of urea groups is 1. The van der Waals surface area contributed by atoms with E-state index in [0.29, 0.717) is 5.92 Å². The summed E-state index contributed by atoms with van der Waals surface area (Å²) in [4.78, 5) is 17.0. The van der Waals surface area contributed by atoms with Crippen molar-refractivity contribution in [1.29, 1.82) is 0 Å². The Kier molecular flexibility index (Phi) is 5.97. The standard InChI is InChI=1S/C28H32ClFN4O/c29-21-3-8-26-24(17-21)25(18-34(26)23-6-4-22(30)5-7-23)20-9-14-33(15-10-20)28(11-1-2-12-28)19-32-16-13-31-27(32)35/h3-8,17-18,20H,1-2,9-16,19H2,(H,31,35). The zero-order valence-corrected chi connectivity index (χ0v) is 20.7. The summed E-state index contributed by atoms with van der Waals surface area (Å²) in [6.07, 6.45) is 9.26. The van der Waals surface area contributed by atoms with Crippen molar-refractivity contribution >= 4 is 28.5 Å². The van der Waals surface area contributed by atoms with Crippen molar-refractivity contribution in [3.05, 3.63) is 65.1 Å². The molecule has 1 aromatic heterocycles. The molecule has 2 amide bonds. The van der Waals surface area contributed by atoms with Crippen molar-refractivity contribution in [2.75, 3.05) is 32.7 Å². The molecule has 5 nitrogen and oxygen atoms in total. The molecule has 2 saturated heterocycles. The van der Waals surface area contributed by atoms with Gasteiger partial charge in [0.25, 0.3) is 0 Å². The molecular formula is C28H32ClFN4O. The molecule has 35 heavy (non-hydrogen) atoms. The van der Waals surface area contributed by atoms with Gasteiger partial charge in [0.1, 0.15) is 5.82 Å². The van der Waals surface area contributed by atoms with Gasteiger partial charge >= 0.3 is 6.03 Å². The zero-order valence-electron chi connectivity index (χ0n) is 20.0. The lowest BCUT2D eigenvalue weighted by molar-refractivity contribution is 0.0438. The fraction of sp³-hybridized carbons (Fsp3) is 0.464. The van der Waals surface area contributed by atoms with Crippen LogP contribution in [0.4, 0.5) is 9.18 Å². The monoisotopic (exact) mass is 494 g/mol. The molecule has 6 rings (SSSR count). The largest absolute Gasteiger partial charge is 0.336 e. The number of hydrogen-bond acceptors (Lipinski definition) is 2. The van der Waals surface area contributed by atoms with Crippen molar-refractivity contribution in [2.45, 2.75) is 50.0 Å². The van der Waals surface area contributed by atoms with Gasteiger partial charge in [-0.2, -0.15) is 0 Å². The number of rotatable bonds is 5. The minimum Gasteiger partial charge on any atom is -0.336 e. The number of fused-ring (bicyclic) bond motifs is 1. The maximum absolute atomic E-state index is 13.6. The molecule has 0 unspecified atom stereocenters. The van der Waals surface area contributed by atoms with Crippen LogP contribution < -0.4 is 5.32 Å². The Morgan fingerprint density at radius 3 is 2.46 bits per heavy atom. The fourth-order valence-corrected chi connectivity index (χ4v) is 6.83. The van der Waals surface area contributed by atoms with Gasteiger partial charge in [0.05, 0.1) is 5.52 Å². The molecule has 0 radical (unpaired) electrons. The Morgan fingerprint density at radius 2 is 1.77 bits per heavy atom. The molecule has 0 bridgehead atoms. The second kappa shape index (κ2) is 9.14. The number of benzene rings is 2. The van der Waals surface area contributed by atoms with Gasteiger partial charge in [-0.25, -0.2) is 9.18 Å². The molecule has 0 atom stereocenters. The first-order valence-electron chi connectivity index (χ1n) is 12.9. The molecule has 2 aliphatic heterocycles. The molecule has 2 aromatic carbocycles. The third-order valence-corrected chi connectivity index (χ3v) is 8.71. The van der Waals surface area contributed by atoms with Gasteiger partial charge in [0, 0.05) is 47.5 Å². The predicted octanol–water partition coefficient (Wildman–Crippen LogP) is 5.94. The number of likely N-dealkylation sites (tertiary alicyclic amines) is 1. The number of hydrogen-bond donors (Lipinski definition) is 1. The van der Waals surface area contributed by atoms with E-state index in [2.05, 4.69) is 33.1 Å². The van der Waals surface area contributed by atoms with E-state index in [-0.39, 0.29) is 17.4 Å². The molecule has 1 aliphatic carbocycles. The second-order valence-electron chi connectivity index (χ2n) is 10.4. The average molecular weight is 495 g/mol. The number of nitrogens with one attached hydrogen (secondary N) is 1. The van der Waals surface area contributed by atoms with Crippen LogP contribution in [0.1, 0.15) is 50.0 Å². The van der Waals surface area contributed by atoms with Crippen LogP contribution in [0, 0.1) is 5.82 Å². The van der Waals surface area contributed by atoms with E-state index < -0.39 is 0 Å². The summed E-state index contributed by atoms with van der Waals surface area (Å²) in [5.41, 5.74) is 3.51. The lowest BCUT2D eigenvalue weighted by atomic mass is 9.85. The summed E-state index contributed by atoms with van der Waals surface area (Å²) in [6, 6.07) is 12.8. The molecule has 184 valence electrons. The Hall–Kier alpha value is -2.57. The van der Waals surface area contributed by atoms with E-state index in [1.807, 2.05) is 23.1 Å². The van der Waals surface area contributed by atoms with Crippen LogP contribution in [0.2, 0.25) is 5.02 Å². The molecule has 1 saturated carbocycles. The number of carbonyl (C=O) groups is 1. The Morgan fingerprint density at radius 1 is 1.03 bits per heavy atom.